The van der Waals surface area contributed by atoms with Gasteiger partial charge in [-0.1, -0.05) is 19.1 Å². The number of piperidine rings is 1. The normalized spacial score (nSPS) is 16.6. The molecule has 1 aliphatic rings. The molecule has 0 spiro atoms. The van der Waals surface area contributed by atoms with Crippen molar-refractivity contribution in [1.82, 2.24) is 20.3 Å². The second kappa shape index (κ2) is 11.8. The summed E-state index contributed by atoms with van der Waals surface area (Å²) in [5.74, 6) is -0.803. The molecule has 0 amide bonds. The summed E-state index contributed by atoms with van der Waals surface area (Å²) in [6, 6.07) is 12.0. The molecule has 0 radical (unpaired) electrons. The summed E-state index contributed by atoms with van der Waals surface area (Å²) >= 11 is 0. The fourth-order valence-corrected chi connectivity index (χ4v) is 4.94. The standard InChI is InChI=1S/C30H31F4N5O/c1-18-7-9-21-22(10-8-19(2)30(32,33)34)25(31)12-11-23(21)27(18)40-28-24(6-4-15-36-28)26-13-16-37-29(39-26)38-20-5-3-14-35-17-20/h4,6-7,9,11-13,15-16,19-20,35H,3,5,8,10,14,17H2,1-2H3,(H,37,38,39)/t19-,20-/m0/s1. The van der Waals surface area contributed by atoms with E-state index in [4.69, 9.17) is 9.72 Å². The highest BCUT2D eigenvalue weighted by molar-refractivity contribution is 5.92. The van der Waals surface area contributed by atoms with E-state index >= 15 is 0 Å². The maximum atomic E-state index is 14.9. The number of nitrogens with one attached hydrogen (secondary N) is 2. The van der Waals surface area contributed by atoms with Gasteiger partial charge < -0.3 is 15.4 Å². The smallest absolute Gasteiger partial charge is 0.391 e. The van der Waals surface area contributed by atoms with Crippen LogP contribution in [0.2, 0.25) is 0 Å². The lowest BCUT2D eigenvalue weighted by Crippen LogP contribution is -2.38. The number of nitrogens with zero attached hydrogens (tertiary/aromatic N) is 3. The van der Waals surface area contributed by atoms with Crippen LogP contribution in [0.5, 0.6) is 11.6 Å². The SMILES string of the molecule is Cc1ccc2c(CC[C@H](C)C(F)(F)F)c(F)ccc2c1Oc1ncccc1-c1ccnc(N[C@H]2CCCNC2)n1. The quantitative estimate of drug-likeness (QED) is 0.224. The molecule has 0 unspecified atom stereocenters. The van der Waals surface area contributed by atoms with Crippen LogP contribution >= 0.6 is 0 Å². The third kappa shape index (κ3) is 6.17. The van der Waals surface area contributed by atoms with E-state index in [-0.39, 0.29) is 24.4 Å². The van der Waals surface area contributed by atoms with Crippen molar-refractivity contribution in [2.45, 2.75) is 51.7 Å². The Morgan fingerprint density at radius 1 is 1.07 bits per heavy atom. The minimum absolute atomic E-state index is 0.0472. The number of benzene rings is 2. The molecule has 2 aromatic carbocycles. The van der Waals surface area contributed by atoms with Crippen molar-refractivity contribution in [3.8, 4) is 22.9 Å². The van der Waals surface area contributed by atoms with Crippen molar-refractivity contribution in [2.24, 2.45) is 5.92 Å². The number of hydrogen-bond donors (Lipinski definition) is 2. The summed E-state index contributed by atoms with van der Waals surface area (Å²) in [4.78, 5) is 13.5. The maximum Gasteiger partial charge on any atom is 0.391 e. The number of fused-ring (bicyclic) bond motifs is 1. The van der Waals surface area contributed by atoms with Gasteiger partial charge in [-0.15, -0.1) is 0 Å². The molecule has 0 saturated carbocycles. The molecule has 0 aliphatic carbocycles. The number of hydrogen-bond acceptors (Lipinski definition) is 6. The monoisotopic (exact) mass is 553 g/mol. The van der Waals surface area contributed by atoms with Gasteiger partial charge in [0, 0.05) is 30.4 Å². The number of pyridine rings is 1. The zero-order valence-electron chi connectivity index (χ0n) is 22.4. The summed E-state index contributed by atoms with van der Waals surface area (Å²) in [6.07, 6.45) is 0.804. The van der Waals surface area contributed by atoms with Crippen LogP contribution in [-0.2, 0) is 6.42 Å². The molecule has 1 saturated heterocycles. The summed E-state index contributed by atoms with van der Waals surface area (Å²) in [5.41, 5.74) is 2.28. The first-order valence-electron chi connectivity index (χ1n) is 13.4. The predicted molar refractivity (Wildman–Crippen MR) is 147 cm³/mol. The topological polar surface area (TPSA) is 72.0 Å². The van der Waals surface area contributed by atoms with Gasteiger partial charge in [0.05, 0.1) is 17.2 Å². The molecule has 10 heteroatoms. The predicted octanol–water partition coefficient (Wildman–Crippen LogP) is 7.23. The number of ether oxygens (including phenoxy) is 1. The van der Waals surface area contributed by atoms with Gasteiger partial charge in [-0.25, -0.2) is 19.3 Å². The van der Waals surface area contributed by atoms with Gasteiger partial charge in [0.25, 0.3) is 0 Å². The van der Waals surface area contributed by atoms with E-state index < -0.39 is 17.9 Å². The number of rotatable bonds is 8. The molecule has 5 rings (SSSR count). The van der Waals surface area contributed by atoms with Crippen molar-refractivity contribution in [3.63, 3.8) is 0 Å². The second-order valence-corrected chi connectivity index (χ2v) is 10.2. The van der Waals surface area contributed by atoms with Crippen LogP contribution in [-0.4, -0.2) is 40.3 Å². The molecule has 2 aromatic heterocycles. The van der Waals surface area contributed by atoms with Crippen LogP contribution in [0.4, 0.5) is 23.5 Å². The molecule has 2 N–H and O–H groups in total. The highest BCUT2D eigenvalue weighted by Gasteiger charge is 2.35. The number of alkyl halides is 3. The molecule has 4 aromatic rings. The van der Waals surface area contributed by atoms with E-state index in [9.17, 15) is 17.6 Å². The molecular formula is C30H31F4N5O. The molecule has 1 aliphatic heterocycles. The van der Waals surface area contributed by atoms with Crippen LogP contribution < -0.4 is 15.4 Å². The van der Waals surface area contributed by atoms with E-state index in [1.807, 2.05) is 13.0 Å². The van der Waals surface area contributed by atoms with Crippen LogP contribution in [0.1, 0.15) is 37.3 Å². The first kappa shape index (κ1) is 27.8. The number of anilines is 1. The first-order chi connectivity index (χ1) is 19.2. The molecule has 210 valence electrons. The van der Waals surface area contributed by atoms with Crippen LogP contribution in [0.25, 0.3) is 22.0 Å². The van der Waals surface area contributed by atoms with Crippen LogP contribution in [0.3, 0.4) is 0 Å². The number of aromatic nitrogens is 3. The summed E-state index contributed by atoms with van der Waals surface area (Å²) < 4.78 is 60.6. The molecular weight excluding hydrogens is 522 g/mol. The Labute approximate surface area is 230 Å². The number of halogens is 4. The van der Waals surface area contributed by atoms with Gasteiger partial charge in [-0.05, 0) is 86.0 Å². The number of aryl methyl sites for hydroxylation is 2. The van der Waals surface area contributed by atoms with Gasteiger partial charge in [-0.2, -0.15) is 13.2 Å². The van der Waals surface area contributed by atoms with Gasteiger partial charge in [0.1, 0.15) is 11.6 Å². The van der Waals surface area contributed by atoms with Gasteiger partial charge in [0.15, 0.2) is 0 Å². The van der Waals surface area contributed by atoms with Crippen LogP contribution in [0, 0.1) is 18.7 Å². The van der Waals surface area contributed by atoms with Crippen LogP contribution in [0.15, 0.2) is 54.9 Å². The van der Waals surface area contributed by atoms with E-state index in [1.165, 1.54) is 6.07 Å². The zero-order valence-corrected chi connectivity index (χ0v) is 22.4. The lowest BCUT2D eigenvalue weighted by Gasteiger charge is -2.23. The minimum atomic E-state index is -4.33. The van der Waals surface area contributed by atoms with Crippen molar-refractivity contribution in [2.75, 3.05) is 18.4 Å². The van der Waals surface area contributed by atoms with Gasteiger partial charge in [0.2, 0.25) is 11.8 Å². The zero-order chi connectivity index (χ0) is 28.3. The summed E-state index contributed by atoms with van der Waals surface area (Å²) in [7, 11) is 0. The average Bonchev–Trinajstić information content (AvgIpc) is 2.94. The molecule has 3 heterocycles. The molecule has 40 heavy (non-hydrogen) atoms. The highest BCUT2D eigenvalue weighted by atomic mass is 19.4. The fraction of sp³-hybridized carbons (Fsp3) is 0.367. The lowest BCUT2D eigenvalue weighted by molar-refractivity contribution is -0.170. The van der Waals surface area contributed by atoms with Crippen molar-refractivity contribution in [1.29, 1.82) is 0 Å². The van der Waals surface area contributed by atoms with Gasteiger partial charge >= 0.3 is 6.18 Å². The molecule has 0 bridgehead atoms. The summed E-state index contributed by atoms with van der Waals surface area (Å²) in [5, 5.41) is 7.86. The van der Waals surface area contributed by atoms with E-state index in [1.54, 1.807) is 42.7 Å². The molecule has 1 fully saturated rings. The Hall–Kier alpha value is -3.79. The molecule has 6 nitrogen and oxygen atoms in total. The van der Waals surface area contributed by atoms with E-state index in [0.717, 1.165) is 38.4 Å². The summed E-state index contributed by atoms with van der Waals surface area (Å²) in [6.45, 7) is 4.82. The Bertz CT molecular complexity index is 1490. The highest BCUT2D eigenvalue weighted by Crippen LogP contribution is 2.39. The van der Waals surface area contributed by atoms with Crippen molar-refractivity contribution in [3.05, 3.63) is 71.8 Å². The van der Waals surface area contributed by atoms with Crippen molar-refractivity contribution >= 4 is 16.7 Å². The largest absolute Gasteiger partial charge is 0.437 e. The lowest BCUT2D eigenvalue weighted by atomic mass is 9.94. The van der Waals surface area contributed by atoms with Crippen molar-refractivity contribution < 1.29 is 22.3 Å². The van der Waals surface area contributed by atoms with Gasteiger partial charge in [-0.3, -0.25) is 0 Å². The average molecular weight is 554 g/mol. The Morgan fingerprint density at radius 3 is 2.67 bits per heavy atom. The fourth-order valence-electron chi connectivity index (χ4n) is 4.94. The Balaban J connectivity index is 1.47. The van der Waals surface area contributed by atoms with E-state index in [0.29, 0.717) is 39.6 Å². The Morgan fingerprint density at radius 2 is 1.90 bits per heavy atom. The third-order valence-corrected chi connectivity index (χ3v) is 7.32. The Kier molecular flexibility index (Phi) is 8.16. The first-order valence-corrected chi connectivity index (χ1v) is 13.4. The minimum Gasteiger partial charge on any atom is -0.437 e. The van der Waals surface area contributed by atoms with E-state index in [2.05, 4.69) is 20.6 Å². The second-order valence-electron chi connectivity index (χ2n) is 10.2. The molecule has 2 atom stereocenters. The maximum absolute atomic E-state index is 14.9. The third-order valence-electron chi connectivity index (χ3n) is 7.32.